The first-order valence-electron chi connectivity index (χ1n) is 4.19. The fourth-order valence-corrected chi connectivity index (χ4v) is 1.36. The number of carbonyl (C=O) groups is 1. The molecule has 1 aliphatic heterocycles. The minimum Gasteiger partial charge on any atom is -0.394 e. The molecule has 0 saturated carbocycles. The first kappa shape index (κ1) is 12.3. The Bertz CT molecular complexity index is 258. The molecule has 8 nitrogen and oxygen atoms in total. The molecule has 0 aromatic rings. The van der Waals surface area contributed by atoms with Gasteiger partial charge in [-0.05, 0) is 0 Å². The summed E-state index contributed by atoms with van der Waals surface area (Å²) in [5, 5.41) is 46.0. The molecule has 1 fully saturated rings. The van der Waals surface area contributed by atoms with E-state index < -0.39 is 42.7 Å². The highest BCUT2D eigenvalue weighted by Crippen LogP contribution is 2.27. The van der Waals surface area contributed by atoms with Gasteiger partial charge in [0.15, 0.2) is 0 Å². The summed E-state index contributed by atoms with van der Waals surface area (Å²) >= 11 is 0. The van der Waals surface area contributed by atoms with Gasteiger partial charge in [0.1, 0.15) is 24.4 Å². The second-order valence-corrected chi connectivity index (χ2v) is 3.33. The molecule has 7 N–H and O–H groups in total. The predicted octanol–water partition coefficient (Wildman–Crippen LogP) is -4.37. The number of rotatable bonds is 2. The lowest BCUT2D eigenvalue weighted by Crippen LogP contribution is -2.69. The highest BCUT2D eigenvalue weighted by atomic mass is 16.7. The first-order valence-corrected chi connectivity index (χ1v) is 4.19. The molecule has 1 rings (SSSR count). The van der Waals surface area contributed by atoms with Gasteiger partial charge in [0, 0.05) is 0 Å². The van der Waals surface area contributed by atoms with Crippen molar-refractivity contribution in [3.8, 4) is 0 Å². The molecular formula is C7H13NO7. The van der Waals surface area contributed by atoms with Gasteiger partial charge in [0.25, 0.3) is 11.7 Å². The minimum absolute atomic E-state index is 0.749. The molecular weight excluding hydrogens is 210 g/mol. The maximum atomic E-state index is 10.8. The smallest absolute Gasteiger partial charge is 0.280 e. The van der Waals surface area contributed by atoms with Crippen LogP contribution in [0.2, 0.25) is 0 Å². The molecule has 0 spiro atoms. The largest absolute Gasteiger partial charge is 0.394 e. The van der Waals surface area contributed by atoms with Crippen LogP contribution < -0.4 is 5.73 Å². The Balaban J connectivity index is 2.97. The minimum atomic E-state index is -2.81. The molecule has 5 atom stereocenters. The zero-order valence-electron chi connectivity index (χ0n) is 7.65. The van der Waals surface area contributed by atoms with Gasteiger partial charge in [0.2, 0.25) is 0 Å². The SMILES string of the molecule is NC(=O)C1(O)O[C@H](CO)[C@@H](O)[C@H](O)[C@H]1O. The van der Waals surface area contributed by atoms with Crippen LogP contribution in [-0.4, -0.2) is 68.2 Å². The van der Waals surface area contributed by atoms with Crippen LogP contribution in [0.25, 0.3) is 0 Å². The fraction of sp³-hybridized carbons (Fsp3) is 0.857. The molecule has 1 saturated heterocycles. The van der Waals surface area contributed by atoms with Crippen molar-refractivity contribution < 1.29 is 35.1 Å². The lowest BCUT2D eigenvalue weighted by atomic mass is 9.92. The van der Waals surface area contributed by atoms with Crippen LogP contribution in [-0.2, 0) is 9.53 Å². The third-order valence-electron chi connectivity index (χ3n) is 2.32. The monoisotopic (exact) mass is 223 g/mol. The summed E-state index contributed by atoms with van der Waals surface area (Å²) in [5.74, 6) is -4.23. The highest BCUT2D eigenvalue weighted by Gasteiger charge is 2.56. The zero-order valence-corrected chi connectivity index (χ0v) is 7.65. The van der Waals surface area contributed by atoms with Crippen molar-refractivity contribution in [1.29, 1.82) is 0 Å². The maximum Gasteiger partial charge on any atom is 0.280 e. The normalized spacial score (nSPS) is 46.5. The Hall–Kier alpha value is -0.770. The van der Waals surface area contributed by atoms with Gasteiger partial charge in [-0.1, -0.05) is 0 Å². The molecule has 88 valence electrons. The maximum absolute atomic E-state index is 10.8. The van der Waals surface area contributed by atoms with E-state index in [1.807, 2.05) is 0 Å². The van der Waals surface area contributed by atoms with E-state index in [0.29, 0.717) is 0 Å². The molecule has 8 heteroatoms. The van der Waals surface area contributed by atoms with Crippen LogP contribution >= 0.6 is 0 Å². The number of hydrogen-bond donors (Lipinski definition) is 6. The third-order valence-corrected chi connectivity index (χ3v) is 2.32. The number of primary amides is 1. The first-order chi connectivity index (χ1) is 6.84. The van der Waals surface area contributed by atoms with Crippen LogP contribution in [0.4, 0.5) is 0 Å². The lowest BCUT2D eigenvalue weighted by Gasteiger charge is -2.43. The van der Waals surface area contributed by atoms with Crippen molar-refractivity contribution in [2.45, 2.75) is 30.2 Å². The number of amides is 1. The van der Waals surface area contributed by atoms with Gasteiger partial charge in [-0.2, -0.15) is 0 Å². The van der Waals surface area contributed by atoms with E-state index in [9.17, 15) is 25.2 Å². The van der Waals surface area contributed by atoms with Gasteiger partial charge in [-0.25, -0.2) is 0 Å². The van der Waals surface area contributed by atoms with Crippen molar-refractivity contribution in [3.05, 3.63) is 0 Å². The Kier molecular flexibility index (Phi) is 3.28. The molecule has 1 amide bonds. The van der Waals surface area contributed by atoms with E-state index >= 15 is 0 Å². The Labute approximate surface area is 84.5 Å². The van der Waals surface area contributed by atoms with Gasteiger partial charge in [-0.3, -0.25) is 4.79 Å². The molecule has 0 aromatic carbocycles. The molecule has 0 radical (unpaired) electrons. The third kappa shape index (κ3) is 1.83. The molecule has 1 aliphatic rings. The van der Waals surface area contributed by atoms with Crippen LogP contribution in [0.15, 0.2) is 0 Å². The standard InChI is InChI=1S/C7H13NO7/c8-6(13)7(14)5(12)4(11)3(10)2(1-9)15-7/h2-5,9-12,14H,1H2,(H2,8,13)/t2-,3-,4+,5-,7?/m1/s1. The zero-order chi connectivity index (χ0) is 11.8. The van der Waals surface area contributed by atoms with Crippen molar-refractivity contribution >= 4 is 5.91 Å². The van der Waals surface area contributed by atoms with Crippen LogP contribution in [0.3, 0.4) is 0 Å². The molecule has 1 heterocycles. The van der Waals surface area contributed by atoms with Crippen molar-refractivity contribution in [2.75, 3.05) is 6.61 Å². The average Bonchev–Trinajstić information content (AvgIpc) is 2.20. The number of hydrogen-bond acceptors (Lipinski definition) is 7. The number of nitrogens with two attached hydrogens (primary N) is 1. The summed E-state index contributed by atoms with van der Waals surface area (Å²) in [6.45, 7) is -0.749. The van der Waals surface area contributed by atoms with E-state index in [1.54, 1.807) is 0 Å². The van der Waals surface area contributed by atoms with Crippen LogP contribution in [0, 0.1) is 0 Å². The summed E-state index contributed by atoms with van der Waals surface area (Å²) in [5.41, 5.74) is 4.77. The Morgan fingerprint density at radius 2 is 1.87 bits per heavy atom. The Morgan fingerprint density at radius 1 is 1.33 bits per heavy atom. The fourth-order valence-electron chi connectivity index (χ4n) is 1.36. The van der Waals surface area contributed by atoms with Gasteiger partial charge < -0.3 is 36.0 Å². The lowest BCUT2D eigenvalue weighted by molar-refractivity contribution is -0.330. The number of aliphatic hydroxyl groups is 5. The number of carbonyl (C=O) groups excluding carboxylic acids is 1. The van der Waals surface area contributed by atoms with E-state index in [0.717, 1.165) is 0 Å². The summed E-state index contributed by atoms with van der Waals surface area (Å²) in [6.07, 6.45) is -6.94. The van der Waals surface area contributed by atoms with E-state index in [4.69, 9.17) is 10.8 Å². The second-order valence-electron chi connectivity index (χ2n) is 3.33. The van der Waals surface area contributed by atoms with Gasteiger partial charge in [0.05, 0.1) is 6.61 Å². The topological polar surface area (TPSA) is 153 Å². The number of aliphatic hydroxyl groups excluding tert-OH is 4. The van der Waals surface area contributed by atoms with Gasteiger partial charge in [-0.15, -0.1) is 0 Å². The van der Waals surface area contributed by atoms with E-state index in [1.165, 1.54) is 0 Å². The quantitative estimate of drug-likeness (QED) is 0.276. The molecule has 1 unspecified atom stereocenters. The summed E-state index contributed by atoms with van der Waals surface area (Å²) in [6, 6.07) is 0. The van der Waals surface area contributed by atoms with E-state index in [2.05, 4.69) is 4.74 Å². The van der Waals surface area contributed by atoms with Crippen molar-refractivity contribution in [3.63, 3.8) is 0 Å². The highest BCUT2D eigenvalue weighted by molar-refractivity contribution is 5.82. The van der Waals surface area contributed by atoms with Crippen molar-refractivity contribution in [2.24, 2.45) is 5.73 Å². The molecule has 0 bridgehead atoms. The van der Waals surface area contributed by atoms with Crippen LogP contribution in [0.5, 0.6) is 0 Å². The molecule has 0 aromatic heterocycles. The Morgan fingerprint density at radius 3 is 2.27 bits per heavy atom. The second kappa shape index (κ2) is 4.00. The summed E-state index contributed by atoms with van der Waals surface area (Å²) in [7, 11) is 0. The molecule has 15 heavy (non-hydrogen) atoms. The summed E-state index contributed by atoms with van der Waals surface area (Å²) < 4.78 is 4.55. The van der Waals surface area contributed by atoms with Gasteiger partial charge >= 0.3 is 0 Å². The predicted molar refractivity (Wildman–Crippen MR) is 44.1 cm³/mol. The molecule has 0 aliphatic carbocycles. The van der Waals surface area contributed by atoms with Crippen molar-refractivity contribution in [1.82, 2.24) is 0 Å². The van der Waals surface area contributed by atoms with E-state index in [-0.39, 0.29) is 0 Å². The average molecular weight is 223 g/mol. The van der Waals surface area contributed by atoms with Crippen LogP contribution in [0.1, 0.15) is 0 Å². The number of ether oxygens (including phenoxy) is 1. The summed E-state index contributed by atoms with van der Waals surface area (Å²) in [4.78, 5) is 10.8.